The highest BCUT2D eigenvalue weighted by atomic mass is 127. The molecule has 2 fully saturated rings. The average molecular weight is 546 g/mol. The number of guanidine groups is 1. The molecule has 2 heterocycles. The van der Waals surface area contributed by atoms with Gasteiger partial charge in [0.2, 0.25) is 0 Å². The van der Waals surface area contributed by atoms with Crippen molar-refractivity contribution in [1.29, 1.82) is 0 Å². The minimum atomic E-state index is 0. The third-order valence-electron chi connectivity index (χ3n) is 6.06. The molecule has 2 atom stereocenters. The maximum atomic E-state index is 6.13. The summed E-state index contributed by atoms with van der Waals surface area (Å²) in [7, 11) is 1.83. The van der Waals surface area contributed by atoms with Crippen molar-refractivity contribution >= 4 is 29.9 Å². The highest BCUT2D eigenvalue weighted by Crippen LogP contribution is 2.33. The van der Waals surface area contributed by atoms with Crippen LogP contribution < -0.4 is 10.6 Å². The number of benzene rings is 1. The summed E-state index contributed by atoms with van der Waals surface area (Å²) in [6.45, 7) is 8.09. The van der Waals surface area contributed by atoms with Crippen LogP contribution in [-0.2, 0) is 14.2 Å². The monoisotopic (exact) mass is 545 g/mol. The topological polar surface area (TPSA) is 64.1 Å². The number of rotatable bonds is 9. The standard InChI is InChI=1S/C24H39N3O3.HI/c1-19-6-8-21(9-7-19)23-22(5-3-14-30-23)17-27-24(25-2)26-12-4-13-29-18-20-10-15-28-16-11-20;/h6-9,20,22-23H,3-5,10-18H2,1-2H3,(H2,25,26,27);1H. The number of nitrogens with one attached hydrogen (secondary N) is 2. The first kappa shape index (κ1) is 26.4. The lowest BCUT2D eigenvalue weighted by atomic mass is 9.89. The Morgan fingerprint density at radius 2 is 1.87 bits per heavy atom. The summed E-state index contributed by atoms with van der Waals surface area (Å²) >= 11 is 0. The third kappa shape index (κ3) is 9.24. The molecule has 1 aromatic carbocycles. The van der Waals surface area contributed by atoms with Gasteiger partial charge in [-0.2, -0.15) is 0 Å². The molecule has 1 aromatic rings. The van der Waals surface area contributed by atoms with Crippen LogP contribution in [0.2, 0.25) is 0 Å². The molecule has 2 N–H and O–H groups in total. The van der Waals surface area contributed by atoms with Crippen molar-refractivity contribution in [1.82, 2.24) is 10.6 Å². The van der Waals surface area contributed by atoms with Crippen LogP contribution in [0.5, 0.6) is 0 Å². The van der Waals surface area contributed by atoms with Crippen molar-refractivity contribution in [3.63, 3.8) is 0 Å². The minimum Gasteiger partial charge on any atom is -0.381 e. The number of aliphatic imine (C=N–C) groups is 1. The summed E-state index contributed by atoms with van der Waals surface area (Å²) in [5.74, 6) is 1.97. The zero-order valence-electron chi connectivity index (χ0n) is 19.1. The van der Waals surface area contributed by atoms with Gasteiger partial charge in [0.1, 0.15) is 0 Å². The van der Waals surface area contributed by atoms with Gasteiger partial charge in [-0.3, -0.25) is 4.99 Å². The number of hydrogen-bond donors (Lipinski definition) is 2. The molecule has 7 heteroatoms. The van der Waals surface area contributed by atoms with Crippen LogP contribution >= 0.6 is 24.0 Å². The highest BCUT2D eigenvalue weighted by Gasteiger charge is 2.27. The average Bonchev–Trinajstić information content (AvgIpc) is 2.79. The maximum absolute atomic E-state index is 6.13. The normalized spacial score (nSPS) is 22.6. The van der Waals surface area contributed by atoms with Crippen molar-refractivity contribution in [3.8, 4) is 0 Å². The second-order valence-electron chi connectivity index (χ2n) is 8.47. The Morgan fingerprint density at radius 1 is 1.10 bits per heavy atom. The molecule has 2 unspecified atom stereocenters. The molecule has 176 valence electrons. The van der Waals surface area contributed by atoms with Gasteiger partial charge in [-0.15, -0.1) is 24.0 Å². The Kier molecular flexibility index (Phi) is 12.8. The summed E-state index contributed by atoms with van der Waals surface area (Å²) in [4.78, 5) is 4.37. The van der Waals surface area contributed by atoms with Gasteiger partial charge in [0, 0.05) is 59.1 Å². The van der Waals surface area contributed by atoms with E-state index in [0.717, 1.165) is 77.8 Å². The molecule has 2 saturated heterocycles. The maximum Gasteiger partial charge on any atom is 0.190 e. The third-order valence-corrected chi connectivity index (χ3v) is 6.06. The van der Waals surface area contributed by atoms with E-state index < -0.39 is 0 Å². The SMILES string of the molecule is CN=C(NCCCOCC1CCOCC1)NCC1CCCOC1c1ccc(C)cc1.I. The molecule has 6 nitrogen and oxygen atoms in total. The molecule has 0 spiro atoms. The lowest BCUT2D eigenvalue weighted by molar-refractivity contribution is -0.0265. The molecule has 31 heavy (non-hydrogen) atoms. The predicted molar refractivity (Wildman–Crippen MR) is 136 cm³/mol. The van der Waals surface area contributed by atoms with Crippen molar-refractivity contribution < 1.29 is 14.2 Å². The molecule has 0 bridgehead atoms. The fraction of sp³-hybridized carbons (Fsp3) is 0.708. The molecule has 0 amide bonds. The van der Waals surface area contributed by atoms with E-state index in [4.69, 9.17) is 14.2 Å². The summed E-state index contributed by atoms with van der Waals surface area (Å²) in [6, 6.07) is 8.74. The van der Waals surface area contributed by atoms with Gasteiger partial charge in [0.05, 0.1) is 6.10 Å². The van der Waals surface area contributed by atoms with Gasteiger partial charge in [0.25, 0.3) is 0 Å². The zero-order chi connectivity index (χ0) is 21.0. The molecular formula is C24H40IN3O3. The number of halogens is 1. The molecule has 0 radical (unpaired) electrons. The van der Waals surface area contributed by atoms with E-state index >= 15 is 0 Å². The molecule has 0 saturated carbocycles. The molecule has 0 aromatic heterocycles. The van der Waals surface area contributed by atoms with Gasteiger partial charge >= 0.3 is 0 Å². The van der Waals surface area contributed by atoms with Gasteiger partial charge in [-0.1, -0.05) is 29.8 Å². The number of ether oxygens (including phenoxy) is 3. The highest BCUT2D eigenvalue weighted by molar-refractivity contribution is 14.0. The fourth-order valence-electron chi connectivity index (χ4n) is 4.17. The van der Waals surface area contributed by atoms with Gasteiger partial charge in [-0.05, 0) is 50.5 Å². The van der Waals surface area contributed by atoms with Crippen LogP contribution in [-0.4, -0.2) is 59.1 Å². The Hall–Kier alpha value is -0.900. The fourth-order valence-corrected chi connectivity index (χ4v) is 4.17. The van der Waals surface area contributed by atoms with Crippen LogP contribution in [0.3, 0.4) is 0 Å². The number of aryl methyl sites for hydroxylation is 1. The van der Waals surface area contributed by atoms with E-state index in [-0.39, 0.29) is 30.1 Å². The van der Waals surface area contributed by atoms with E-state index in [0.29, 0.717) is 11.8 Å². The first-order chi connectivity index (χ1) is 14.8. The van der Waals surface area contributed by atoms with Crippen molar-refractivity contribution in [2.24, 2.45) is 16.8 Å². The summed E-state index contributed by atoms with van der Waals surface area (Å²) in [5.41, 5.74) is 2.56. The van der Waals surface area contributed by atoms with Crippen molar-refractivity contribution in [3.05, 3.63) is 35.4 Å². The van der Waals surface area contributed by atoms with E-state index in [1.165, 1.54) is 17.5 Å². The number of hydrogen-bond acceptors (Lipinski definition) is 4. The first-order valence-corrected chi connectivity index (χ1v) is 11.5. The van der Waals surface area contributed by atoms with E-state index in [1.54, 1.807) is 0 Å². The first-order valence-electron chi connectivity index (χ1n) is 11.5. The lowest BCUT2D eigenvalue weighted by Gasteiger charge is -2.32. The van der Waals surface area contributed by atoms with Gasteiger partial charge in [0.15, 0.2) is 5.96 Å². The van der Waals surface area contributed by atoms with Crippen molar-refractivity contribution in [2.75, 3.05) is 53.2 Å². The predicted octanol–water partition coefficient (Wildman–Crippen LogP) is 4.08. The van der Waals surface area contributed by atoms with E-state index in [2.05, 4.69) is 46.8 Å². The largest absolute Gasteiger partial charge is 0.381 e. The van der Waals surface area contributed by atoms with Crippen LogP contribution in [0, 0.1) is 18.8 Å². The molecule has 2 aliphatic rings. The van der Waals surface area contributed by atoms with Crippen LogP contribution in [0.4, 0.5) is 0 Å². The summed E-state index contributed by atoms with van der Waals surface area (Å²) in [5, 5.41) is 6.90. The van der Waals surface area contributed by atoms with Gasteiger partial charge < -0.3 is 24.8 Å². The summed E-state index contributed by atoms with van der Waals surface area (Å²) in [6.07, 6.45) is 5.67. The Bertz CT molecular complexity index is 635. The Morgan fingerprint density at radius 3 is 2.61 bits per heavy atom. The van der Waals surface area contributed by atoms with E-state index in [9.17, 15) is 0 Å². The minimum absolute atomic E-state index is 0. The second kappa shape index (κ2) is 15.0. The second-order valence-corrected chi connectivity index (χ2v) is 8.47. The van der Waals surface area contributed by atoms with E-state index in [1.807, 2.05) is 7.05 Å². The summed E-state index contributed by atoms with van der Waals surface area (Å²) < 4.78 is 17.4. The van der Waals surface area contributed by atoms with Crippen molar-refractivity contribution in [2.45, 2.75) is 45.1 Å². The quantitative estimate of drug-likeness (QED) is 0.212. The number of nitrogens with zero attached hydrogens (tertiary/aromatic N) is 1. The van der Waals surface area contributed by atoms with Crippen LogP contribution in [0.1, 0.15) is 49.3 Å². The van der Waals surface area contributed by atoms with Gasteiger partial charge in [-0.25, -0.2) is 0 Å². The molecule has 0 aliphatic carbocycles. The Balaban J connectivity index is 0.00000341. The zero-order valence-corrected chi connectivity index (χ0v) is 21.4. The molecular weight excluding hydrogens is 505 g/mol. The molecule has 3 rings (SSSR count). The van der Waals surface area contributed by atoms with Crippen LogP contribution in [0.15, 0.2) is 29.3 Å². The lowest BCUT2D eigenvalue weighted by Crippen LogP contribution is -2.42. The Labute approximate surface area is 204 Å². The smallest absolute Gasteiger partial charge is 0.190 e. The van der Waals surface area contributed by atoms with Crippen LogP contribution in [0.25, 0.3) is 0 Å². The molecule has 2 aliphatic heterocycles.